The number of thiazole rings is 1. The monoisotopic (exact) mass is 436 g/mol. The molecule has 0 atom stereocenters. The highest BCUT2D eigenvalue weighted by molar-refractivity contribution is 7.91. The van der Waals surface area contributed by atoms with Gasteiger partial charge in [0.05, 0.1) is 20.9 Å². The number of aryl methyl sites for hydroxylation is 3. The molecule has 0 saturated carbocycles. The van der Waals surface area contributed by atoms with Gasteiger partial charge < -0.3 is 4.57 Å². The molecule has 0 saturated heterocycles. The van der Waals surface area contributed by atoms with E-state index in [1.165, 1.54) is 46.7 Å². The Morgan fingerprint density at radius 3 is 2.43 bits per heavy atom. The molecular formula is C20H21ClN2O3S2. The van der Waals surface area contributed by atoms with Gasteiger partial charge in [-0.3, -0.25) is 4.79 Å². The maximum atomic E-state index is 12.4. The summed E-state index contributed by atoms with van der Waals surface area (Å²) in [7, 11) is -3.56. The number of hydrogen-bond acceptors (Lipinski definition) is 4. The predicted octanol–water partition coefficient (Wildman–Crippen LogP) is 4.28. The molecule has 5 nitrogen and oxygen atoms in total. The minimum Gasteiger partial charge on any atom is -0.317 e. The van der Waals surface area contributed by atoms with Crippen LogP contribution in [0.4, 0.5) is 0 Å². The van der Waals surface area contributed by atoms with Crippen LogP contribution in [0.1, 0.15) is 24.5 Å². The van der Waals surface area contributed by atoms with Crippen LogP contribution in [0.25, 0.3) is 10.2 Å². The molecule has 0 spiro atoms. The quantitative estimate of drug-likeness (QED) is 0.599. The van der Waals surface area contributed by atoms with Crippen LogP contribution in [0, 0.1) is 13.8 Å². The van der Waals surface area contributed by atoms with Gasteiger partial charge in [0.2, 0.25) is 5.91 Å². The lowest BCUT2D eigenvalue weighted by Gasteiger charge is -2.04. The van der Waals surface area contributed by atoms with E-state index in [4.69, 9.17) is 11.6 Å². The van der Waals surface area contributed by atoms with Crippen molar-refractivity contribution >= 4 is 48.9 Å². The number of halogens is 1. The first-order valence-electron chi connectivity index (χ1n) is 8.87. The second-order valence-electron chi connectivity index (χ2n) is 6.56. The largest absolute Gasteiger partial charge is 0.317 e. The number of amides is 1. The van der Waals surface area contributed by atoms with E-state index in [1.807, 2.05) is 18.4 Å². The highest BCUT2D eigenvalue weighted by atomic mass is 35.5. The summed E-state index contributed by atoms with van der Waals surface area (Å²) in [5.41, 5.74) is 3.40. The van der Waals surface area contributed by atoms with Crippen molar-refractivity contribution in [1.29, 1.82) is 0 Å². The SMILES string of the molecule is CCn1c(=NC(=O)CCS(=O)(=O)c2ccc(Cl)cc2)sc2cc(C)c(C)cc21. The highest BCUT2D eigenvalue weighted by Gasteiger charge is 2.17. The van der Waals surface area contributed by atoms with E-state index in [0.717, 1.165) is 10.2 Å². The summed E-state index contributed by atoms with van der Waals surface area (Å²) in [5.74, 6) is -0.730. The van der Waals surface area contributed by atoms with Gasteiger partial charge in [-0.25, -0.2) is 8.42 Å². The van der Waals surface area contributed by atoms with Gasteiger partial charge >= 0.3 is 0 Å². The van der Waals surface area contributed by atoms with Crippen molar-refractivity contribution in [2.75, 3.05) is 5.75 Å². The Hall–Kier alpha value is -1.96. The summed E-state index contributed by atoms with van der Waals surface area (Å²) in [6.45, 7) is 6.78. The maximum Gasteiger partial charge on any atom is 0.249 e. The van der Waals surface area contributed by atoms with Gasteiger partial charge in [-0.15, -0.1) is 0 Å². The summed E-state index contributed by atoms with van der Waals surface area (Å²) in [5, 5.41) is 0.462. The van der Waals surface area contributed by atoms with E-state index in [-0.39, 0.29) is 17.1 Å². The van der Waals surface area contributed by atoms with Gasteiger partial charge in [-0.1, -0.05) is 22.9 Å². The van der Waals surface area contributed by atoms with E-state index in [2.05, 4.69) is 24.0 Å². The fourth-order valence-electron chi connectivity index (χ4n) is 2.86. The Bertz CT molecular complexity index is 1210. The molecule has 3 aromatic rings. The van der Waals surface area contributed by atoms with Crippen LogP contribution < -0.4 is 4.80 Å². The molecule has 0 bridgehead atoms. The van der Waals surface area contributed by atoms with Crippen molar-refractivity contribution in [2.45, 2.75) is 38.6 Å². The Morgan fingerprint density at radius 1 is 1.14 bits per heavy atom. The first kappa shape index (κ1) is 20.8. The van der Waals surface area contributed by atoms with E-state index in [0.29, 0.717) is 16.4 Å². The van der Waals surface area contributed by atoms with Crippen LogP contribution in [-0.2, 0) is 21.2 Å². The topological polar surface area (TPSA) is 68.5 Å². The zero-order chi connectivity index (χ0) is 20.5. The molecule has 0 aliphatic carbocycles. The van der Waals surface area contributed by atoms with Gasteiger partial charge in [0.15, 0.2) is 14.6 Å². The van der Waals surface area contributed by atoms with Crippen molar-refractivity contribution in [2.24, 2.45) is 4.99 Å². The van der Waals surface area contributed by atoms with Gasteiger partial charge in [0.25, 0.3) is 0 Å². The smallest absolute Gasteiger partial charge is 0.249 e. The Kier molecular flexibility index (Phi) is 6.07. The van der Waals surface area contributed by atoms with E-state index >= 15 is 0 Å². The zero-order valence-electron chi connectivity index (χ0n) is 15.9. The minimum atomic E-state index is -3.56. The molecule has 3 rings (SSSR count). The van der Waals surface area contributed by atoms with Gasteiger partial charge in [0.1, 0.15) is 0 Å². The number of carbonyl (C=O) groups excluding carboxylic acids is 1. The van der Waals surface area contributed by atoms with Crippen LogP contribution >= 0.6 is 22.9 Å². The molecule has 148 valence electrons. The first-order chi connectivity index (χ1) is 13.2. The normalized spacial score (nSPS) is 12.6. The van der Waals surface area contributed by atoms with E-state index in [9.17, 15) is 13.2 Å². The molecule has 0 N–H and O–H groups in total. The van der Waals surface area contributed by atoms with Crippen LogP contribution in [0.5, 0.6) is 0 Å². The van der Waals surface area contributed by atoms with Crippen LogP contribution in [0.2, 0.25) is 5.02 Å². The average molecular weight is 437 g/mol. The Morgan fingerprint density at radius 2 is 1.79 bits per heavy atom. The molecular weight excluding hydrogens is 416 g/mol. The van der Waals surface area contributed by atoms with E-state index in [1.54, 1.807) is 0 Å². The number of carbonyl (C=O) groups is 1. The lowest BCUT2D eigenvalue weighted by Crippen LogP contribution is -2.17. The predicted molar refractivity (Wildman–Crippen MR) is 114 cm³/mol. The molecule has 0 fully saturated rings. The summed E-state index contributed by atoms with van der Waals surface area (Å²) in [6, 6.07) is 10.1. The summed E-state index contributed by atoms with van der Waals surface area (Å²) >= 11 is 7.24. The van der Waals surface area contributed by atoms with Crippen LogP contribution in [-0.4, -0.2) is 24.6 Å². The van der Waals surface area contributed by atoms with Gasteiger partial charge in [-0.2, -0.15) is 4.99 Å². The fraction of sp³-hybridized carbons (Fsp3) is 0.300. The highest BCUT2D eigenvalue weighted by Crippen LogP contribution is 2.22. The summed E-state index contributed by atoms with van der Waals surface area (Å²) in [6.07, 6.45) is -0.166. The molecule has 0 radical (unpaired) electrons. The van der Waals surface area contributed by atoms with Crippen LogP contribution in [0.3, 0.4) is 0 Å². The third kappa shape index (κ3) is 4.37. The van der Waals surface area contributed by atoms with Crippen molar-refractivity contribution in [3.05, 3.63) is 57.3 Å². The number of nitrogens with zero attached hydrogens (tertiary/aromatic N) is 2. The average Bonchev–Trinajstić information content (AvgIpc) is 2.96. The summed E-state index contributed by atoms with van der Waals surface area (Å²) in [4.78, 5) is 17.3. The summed E-state index contributed by atoms with van der Waals surface area (Å²) < 4.78 is 27.8. The van der Waals surface area contributed by atoms with Crippen LogP contribution in [0.15, 0.2) is 46.3 Å². The molecule has 1 aromatic heterocycles. The number of aromatic nitrogens is 1. The molecule has 0 unspecified atom stereocenters. The second kappa shape index (κ2) is 8.19. The van der Waals surface area contributed by atoms with Gasteiger partial charge in [-0.05, 0) is 68.3 Å². The molecule has 2 aromatic carbocycles. The van der Waals surface area contributed by atoms with Crippen molar-refractivity contribution in [3.63, 3.8) is 0 Å². The van der Waals surface area contributed by atoms with Crippen molar-refractivity contribution in [1.82, 2.24) is 4.57 Å². The molecule has 1 amide bonds. The number of sulfone groups is 1. The first-order valence-corrected chi connectivity index (χ1v) is 11.7. The van der Waals surface area contributed by atoms with Crippen molar-refractivity contribution < 1.29 is 13.2 Å². The third-order valence-electron chi connectivity index (χ3n) is 4.59. The molecule has 28 heavy (non-hydrogen) atoms. The minimum absolute atomic E-state index is 0.154. The van der Waals surface area contributed by atoms with E-state index < -0.39 is 15.7 Å². The molecule has 0 aliphatic rings. The number of rotatable bonds is 5. The molecule has 8 heteroatoms. The second-order valence-corrected chi connectivity index (χ2v) is 10.1. The van der Waals surface area contributed by atoms with Crippen molar-refractivity contribution in [3.8, 4) is 0 Å². The standard InChI is InChI=1S/C20H21ClN2O3S2/c1-4-23-17-11-13(2)14(3)12-18(17)27-20(23)22-19(24)9-10-28(25,26)16-7-5-15(21)6-8-16/h5-8,11-12H,4,9-10H2,1-3H3. The number of hydrogen-bond donors (Lipinski definition) is 0. The lowest BCUT2D eigenvalue weighted by atomic mass is 10.1. The number of fused-ring (bicyclic) bond motifs is 1. The maximum absolute atomic E-state index is 12.4. The molecule has 0 aliphatic heterocycles. The fourth-order valence-corrected chi connectivity index (χ4v) is 5.40. The number of benzene rings is 2. The zero-order valence-corrected chi connectivity index (χ0v) is 18.3. The Balaban J connectivity index is 1.85. The lowest BCUT2D eigenvalue weighted by molar-refractivity contribution is -0.117. The van der Waals surface area contributed by atoms with Gasteiger partial charge in [0, 0.05) is 18.0 Å². The third-order valence-corrected chi connectivity index (χ3v) is 7.62. The Labute approximate surface area is 173 Å². The molecule has 1 heterocycles.